The first-order valence-corrected chi connectivity index (χ1v) is 16.2. The summed E-state index contributed by atoms with van der Waals surface area (Å²) in [5.41, 5.74) is 1.44. The van der Waals surface area contributed by atoms with Crippen LogP contribution < -0.4 is 0 Å². The minimum atomic E-state index is -1.43. The molecule has 4 aliphatic rings. The van der Waals surface area contributed by atoms with E-state index in [-0.39, 0.29) is 31.0 Å². The van der Waals surface area contributed by atoms with Crippen LogP contribution in [0.1, 0.15) is 53.2 Å². The first-order valence-electron chi connectivity index (χ1n) is 16.2. The van der Waals surface area contributed by atoms with Gasteiger partial charge in [0.1, 0.15) is 23.9 Å². The van der Waals surface area contributed by atoms with Gasteiger partial charge >= 0.3 is 11.9 Å². The Bertz CT molecular complexity index is 1430. The van der Waals surface area contributed by atoms with Crippen molar-refractivity contribution < 1.29 is 48.2 Å². The molecule has 2 N–H and O–H groups in total. The Balaban J connectivity index is 1.47. The Hall–Kier alpha value is -3.13. The number of aromatic nitrogens is 2. The average Bonchev–Trinajstić information content (AvgIpc) is 3.61. The van der Waals surface area contributed by atoms with E-state index in [0.29, 0.717) is 23.6 Å². The molecule has 10 atom stereocenters. The molecule has 0 spiro atoms. The summed E-state index contributed by atoms with van der Waals surface area (Å²) < 4.78 is 37.8. The van der Waals surface area contributed by atoms with E-state index in [4.69, 9.17) is 28.4 Å². The van der Waals surface area contributed by atoms with Crippen LogP contribution in [0.3, 0.4) is 0 Å². The highest BCUT2D eigenvalue weighted by Crippen LogP contribution is 2.49. The Kier molecular flexibility index (Phi) is 10.6. The number of imidazole rings is 1. The molecule has 1 aromatic rings. The Labute approximate surface area is 276 Å². The molecular weight excluding hydrogens is 608 g/mol. The van der Waals surface area contributed by atoms with Gasteiger partial charge in [0, 0.05) is 38.9 Å². The first kappa shape index (κ1) is 35.2. The summed E-state index contributed by atoms with van der Waals surface area (Å²) in [6.45, 7) is 9.36. The topological polar surface area (TPSA) is 148 Å². The molecule has 1 saturated heterocycles. The van der Waals surface area contributed by atoms with Gasteiger partial charge in [-0.15, -0.1) is 0 Å². The summed E-state index contributed by atoms with van der Waals surface area (Å²) in [7, 11) is 3.40. The standard InChI is InChI=1S/C35H48N2O10/c1-20(2)25-10-8-21(3)26-15-29(46-30(40)11-9-24-16-37(6)19-36-24)34(5)12-13-35(42-7,47-34)23(14-27(25)26)17-43-33-31(41)32(45-22(4)38)28(39)18-44-33/h8-9,11-14,16,19-20,25-29,31-33,39,41H,10,15,17-18H2,1-7H3/t25-,26+,27?,28-,29+,31+,32-,33-,34+,35-/m1/s1. The lowest BCUT2D eigenvalue weighted by Gasteiger charge is -2.41. The molecule has 1 aromatic heterocycles. The molecule has 0 amide bonds. The zero-order valence-electron chi connectivity index (χ0n) is 28.2. The van der Waals surface area contributed by atoms with Crippen molar-refractivity contribution in [3.05, 3.63) is 59.7 Å². The highest BCUT2D eigenvalue weighted by Gasteiger charge is 2.54. The van der Waals surface area contributed by atoms with Gasteiger partial charge in [-0.05, 0) is 68.6 Å². The van der Waals surface area contributed by atoms with Gasteiger partial charge in [0.15, 0.2) is 12.4 Å². The summed E-state index contributed by atoms with van der Waals surface area (Å²) in [4.78, 5) is 29.1. The van der Waals surface area contributed by atoms with Crippen LogP contribution in [-0.2, 0) is 45.1 Å². The van der Waals surface area contributed by atoms with Crippen LogP contribution >= 0.6 is 0 Å². The minimum Gasteiger partial charge on any atom is -0.457 e. The van der Waals surface area contributed by atoms with Crippen molar-refractivity contribution >= 4 is 18.0 Å². The normalized spacial score (nSPS) is 37.1. The van der Waals surface area contributed by atoms with Gasteiger partial charge in [0.2, 0.25) is 5.79 Å². The van der Waals surface area contributed by atoms with E-state index < -0.39 is 54.0 Å². The SMILES string of the molecule is CO[C@]12C=C[C@](C)(O1)[C@@H](OC(=O)C=Cc1cn(C)cn1)C[C@H]1C(C)=CC[C@H](C(C)C)C1C=C2CO[C@@H]1OC[C@@H](O)[C@@H](OC(C)=O)[C@@H]1O. The molecule has 3 aliphatic heterocycles. The summed E-state index contributed by atoms with van der Waals surface area (Å²) in [6.07, 6.45) is 10.3. The van der Waals surface area contributed by atoms with Gasteiger partial charge in [-0.1, -0.05) is 31.6 Å². The number of methoxy groups -OCH3 is 1. The zero-order valence-corrected chi connectivity index (χ0v) is 28.2. The molecule has 0 radical (unpaired) electrons. The minimum absolute atomic E-state index is 0.0173. The number of allylic oxidation sites excluding steroid dienone is 3. The van der Waals surface area contributed by atoms with Crippen LogP contribution in [0.5, 0.6) is 0 Å². The number of carbonyl (C=O) groups excluding carboxylic acids is 2. The van der Waals surface area contributed by atoms with Crippen LogP contribution in [0.15, 0.2) is 54.1 Å². The van der Waals surface area contributed by atoms with Crippen molar-refractivity contribution in [3.63, 3.8) is 0 Å². The van der Waals surface area contributed by atoms with E-state index in [1.165, 1.54) is 18.6 Å². The summed E-state index contributed by atoms with van der Waals surface area (Å²) >= 11 is 0. The van der Waals surface area contributed by atoms with E-state index in [0.717, 1.165) is 6.42 Å². The number of fused-ring (bicyclic) bond motifs is 3. The molecule has 5 rings (SSSR count). The second-order valence-electron chi connectivity index (χ2n) is 13.6. The lowest BCUT2D eigenvalue weighted by molar-refractivity contribution is -0.275. The maximum Gasteiger partial charge on any atom is 0.331 e. The predicted molar refractivity (Wildman–Crippen MR) is 170 cm³/mol. The number of ether oxygens (including phenoxy) is 6. The molecule has 47 heavy (non-hydrogen) atoms. The molecule has 258 valence electrons. The third-order valence-corrected chi connectivity index (χ3v) is 9.87. The maximum atomic E-state index is 13.3. The van der Waals surface area contributed by atoms with E-state index in [1.54, 1.807) is 30.3 Å². The summed E-state index contributed by atoms with van der Waals surface area (Å²) in [6, 6.07) is 0. The fourth-order valence-electron chi connectivity index (χ4n) is 7.19. The molecule has 1 fully saturated rings. The van der Waals surface area contributed by atoms with Gasteiger partial charge in [0.05, 0.1) is 25.2 Å². The molecular formula is C35H48N2O10. The monoisotopic (exact) mass is 656 g/mol. The highest BCUT2D eigenvalue weighted by molar-refractivity contribution is 5.86. The zero-order chi connectivity index (χ0) is 34.1. The van der Waals surface area contributed by atoms with Crippen LogP contribution in [0.4, 0.5) is 0 Å². The van der Waals surface area contributed by atoms with Crippen LogP contribution in [-0.4, -0.2) is 94.1 Å². The van der Waals surface area contributed by atoms with E-state index in [1.807, 2.05) is 26.1 Å². The Morgan fingerprint density at radius 3 is 2.66 bits per heavy atom. The lowest BCUT2D eigenvalue weighted by atomic mass is 9.65. The molecule has 12 nitrogen and oxygen atoms in total. The summed E-state index contributed by atoms with van der Waals surface area (Å²) in [5, 5.41) is 21.2. The number of carbonyl (C=O) groups is 2. The molecule has 0 aromatic carbocycles. The maximum absolute atomic E-state index is 13.3. The fraction of sp³-hybridized carbons (Fsp3) is 0.629. The number of hydrogen-bond donors (Lipinski definition) is 2. The van der Waals surface area contributed by atoms with Gasteiger partial charge in [0.25, 0.3) is 0 Å². The van der Waals surface area contributed by atoms with E-state index in [9.17, 15) is 19.8 Å². The van der Waals surface area contributed by atoms with Gasteiger partial charge in [-0.25, -0.2) is 9.78 Å². The lowest BCUT2D eigenvalue weighted by Crippen LogP contribution is -2.55. The number of esters is 2. The molecule has 2 bridgehead atoms. The average molecular weight is 657 g/mol. The molecule has 1 aliphatic carbocycles. The summed E-state index contributed by atoms with van der Waals surface area (Å²) in [5.74, 6) is -1.87. The van der Waals surface area contributed by atoms with Gasteiger partial charge in [-0.3, -0.25) is 4.79 Å². The highest BCUT2D eigenvalue weighted by atomic mass is 16.7. The first-order chi connectivity index (χ1) is 22.2. The van der Waals surface area contributed by atoms with Crippen LogP contribution in [0.25, 0.3) is 6.08 Å². The largest absolute Gasteiger partial charge is 0.457 e. The van der Waals surface area contributed by atoms with E-state index in [2.05, 4.69) is 37.9 Å². The molecule has 12 heteroatoms. The van der Waals surface area contributed by atoms with Crippen LogP contribution in [0, 0.1) is 23.7 Å². The second kappa shape index (κ2) is 14.2. The number of nitrogens with zero attached hydrogens (tertiary/aromatic N) is 2. The Morgan fingerprint density at radius 1 is 1.23 bits per heavy atom. The van der Waals surface area contributed by atoms with Crippen molar-refractivity contribution in [1.29, 1.82) is 0 Å². The number of aliphatic hydroxyl groups is 2. The molecule has 0 saturated carbocycles. The quantitative estimate of drug-likeness (QED) is 0.229. The third kappa shape index (κ3) is 7.48. The van der Waals surface area contributed by atoms with Crippen LogP contribution in [0.2, 0.25) is 0 Å². The number of rotatable bonds is 9. The predicted octanol–water partition coefficient (Wildman–Crippen LogP) is 3.24. The van der Waals surface area contributed by atoms with Crippen molar-refractivity contribution in [2.24, 2.45) is 30.7 Å². The van der Waals surface area contributed by atoms with E-state index >= 15 is 0 Å². The third-order valence-electron chi connectivity index (χ3n) is 9.87. The van der Waals surface area contributed by atoms with Gasteiger partial charge in [-0.2, -0.15) is 0 Å². The van der Waals surface area contributed by atoms with Crippen molar-refractivity contribution in [2.75, 3.05) is 20.3 Å². The number of aryl methyl sites for hydroxylation is 1. The molecule has 1 unspecified atom stereocenters. The molecule has 4 heterocycles. The Morgan fingerprint density at radius 2 is 2.00 bits per heavy atom. The number of hydrogen-bond acceptors (Lipinski definition) is 11. The van der Waals surface area contributed by atoms with Crippen molar-refractivity contribution in [1.82, 2.24) is 9.55 Å². The van der Waals surface area contributed by atoms with Crippen molar-refractivity contribution in [3.8, 4) is 0 Å². The van der Waals surface area contributed by atoms with Crippen molar-refractivity contribution in [2.45, 2.75) is 89.6 Å². The smallest absolute Gasteiger partial charge is 0.331 e. The van der Waals surface area contributed by atoms with Gasteiger partial charge < -0.3 is 43.2 Å². The number of aliphatic hydroxyl groups excluding tert-OH is 2. The second-order valence-corrected chi connectivity index (χ2v) is 13.6. The fourth-order valence-corrected chi connectivity index (χ4v) is 7.19.